The fraction of sp³-hybridized carbons (Fsp3) is 0.611. The van der Waals surface area contributed by atoms with Crippen molar-refractivity contribution in [2.45, 2.75) is 59.7 Å². The van der Waals surface area contributed by atoms with Crippen LogP contribution in [0.2, 0.25) is 0 Å². The third-order valence-electron chi connectivity index (χ3n) is 4.24. The molecule has 0 atom stereocenters. The number of aryl methyl sites for hydroxylation is 2. The van der Waals surface area contributed by atoms with Crippen molar-refractivity contribution < 1.29 is 4.79 Å². The molecule has 4 heteroatoms. The average molecular weight is 303 g/mol. The molecule has 1 aromatic carbocycles. The van der Waals surface area contributed by atoms with Crippen molar-refractivity contribution in [3.05, 3.63) is 29.3 Å². The van der Waals surface area contributed by atoms with Crippen LogP contribution in [0.1, 0.15) is 38.8 Å². The van der Waals surface area contributed by atoms with Gasteiger partial charge in [-0.2, -0.15) is 0 Å². The Bertz CT molecular complexity index is 505. The Labute approximate surface area is 134 Å². The van der Waals surface area contributed by atoms with Gasteiger partial charge >= 0.3 is 6.03 Å². The number of carbonyl (C=O) groups excluding carboxylic acids is 1. The molecule has 1 aromatic rings. The minimum absolute atomic E-state index is 0.00807. The summed E-state index contributed by atoms with van der Waals surface area (Å²) in [6.45, 7) is 14.6. The van der Waals surface area contributed by atoms with Gasteiger partial charge in [0.2, 0.25) is 0 Å². The van der Waals surface area contributed by atoms with Crippen LogP contribution in [0, 0.1) is 13.8 Å². The molecule has 1 N–H and O–H groups in total. The van der Waals surface area contributed by atoms with Crippen LogP contribution in [0.15, 0.2) is 18.2 Å². The third-order valence-corrected chi connectivity index (χ3v) is 4.24. The predicted molar refractivity (Wildman–Crippen MR) is 92.4 cm³/mol. The Morgan fingerprint density at radius 3 is 2.05 bits per heavy atom. The molecule has 122 valence electrons. The largest absolute Gasteiger partial charge is 0.321 e. The summed E-state index contributed by atoms with van der Waals surface area (Å²) in [5.74, 6) is 0. The summed E-state index contributed by atoms with van der Waals surface area (Å²) < 4.78 is 0. The number of hydrogen-bond donors (Lipinski definition) is 1. The van der Waals surface area contributed by atoms with E-state index in [1.54, 1.807) is 0 Å². The van der Waals surface area contributed by atoms with Crippen molar-refractivity contribution in [1.82, 2.24) is 9.80 Å². The molecule has 0 saturated carbocycles. The van der Waals surface area contributed by atoms with E-state index in [0.29, 0.717) is 18.1 Å². The van der Waals surface area contributed by atoms with E-state index in [2.05, 4.69) is 44.0 Å². The van der Waals surface area contributed by atoms with Gasteiger partial charge < -0.3 is 10.2 Å². The maximum absolute atomic E-state index is 12.3. The predicted octanol–water partition coefficient (Wildman–Crippen LogP) is 3.64. The first-order valence-corrected chi connectivity index (χ1v) is 8.19. The van der Waals surface area contributed by atoms with Crippen LogP contribution >= 0.6 is 0 Å². The molecule has 22 heavy (non-hydrogen) atoms. The second-order valence-electron chi connectivity index (χ2n) is 7.00. The maximum atomic E-state index is 12.3. The molecule has 2 amide bonds. The van der Waals surface area contributed by atoms with Gasteiger partial charge in [0.1, 0.15) is 0 Å². The first-order chi connectivity index (χ1) is 10.3. The highest BCUT2D eigenvalue weighted by Gasteiger charge is 2.36. The summed E-state index contributed by atoms with van der Waals surface area (Å²) in [6.07, 6.45) is 0. The summed E-state index contributed by atoms with van der Waals surface area (Å²) in [7, 11) is 0. The lowest BCUT2D eigenvalue weighted by molar-refractivity contribution is 0.0202. The lowest BCUT2D eigenvalue weighted by Gasteiger charge is -2.48. The first-order valence-electron chi connectivity index (χ1n) is 8.19. The van der Waals surface area contributed by atoms with Gasteiger partial charge in [-0.05, 0) is 64.8 Å². The fourth-order valence-electron chi connectivity index (χ4n) is 3.50. The molecule has 0 bridgehead atoms. The molecule has 1 heterocycles. The molecule has 1 saturated heterocycles. The summed E-state index contributed by atoms with van der Waals surface area (Å²) in [5.41, 5.74) is 3.22. The van der Waals surface area contributed by atoms with Gasteiger partial charge in [0.25, 0.3) is 0 Å². The summed E-state index contributed by atoms with van der Waals surface area (Å²) in [5, 5.41) is 3.01. The minimum atomic E-state index is 0.00807. The molecule has 0 radical (unpaired) electrons. The summed E-state index contributed by atoms with van der Waals surface area (Å²) in [6, 6.07) is 7.63. The standard InChI is InChI=1S/C18H29N3O/c1-12(2)21(13(3)4)17-10-20(11-17)18(22)19-16-8-14(5)7-15(6)9-16/h7-9,12-13,17H,10-11H2,1-6H3,(H,19,22). The van der Waals surface area contributed by atoms with Gasteiger partial charge in [-0.15, -0.1) is 0 Å². The van der Waals surface area contributed by atoms with Crippen LogP contribution in [0.5, 0.6) is 0 Å². The van der Waals surface area contributed by atoms with Crippen LogP contribution in [0.25, 0.3) is 0 Å². The second kappa shape index (κ2) is 6.69. The fourth-order valence-corrected chi connectivity index (χ4v) is 3.50. The van der Waals surface area contributed by atoms with Crippen molar-refractivity contribution >= 4 is 11.7 Å². The third kappa shape index (κ3) is 3.80. The number of nitrogens with zero attached hydrogens (tertiary/aromatic N) is 2. The van der Waals surface area contributed by atoms with Gasteiger partial charge in [0.05, 0.1) is 0 Å². The van der Waals surface area contributed by atoms with Gasteiger partial charge in [0, 0.05) is 36.9 Å². The van der Waals surface area contributed by atoms with Crippen LogP contribution in [-0.2, 0) is 0 Å². The van der Waals surface area contributed by atoms with Crippen LogP contribution < -0.4 is 5.32 Å². The van der Waals surface area contributed by atoms with Gasteiger partial charge in [0.15, 0.2) is 0 Å². The number of rotatable bonds is 4. The Balaban J connectivity index is 1.91. The maximum Gasteiger partial charge on any atom is 0.321 e. The summed E-state index contributed by atoms with van der Waals surface area (Å²) >= 11 is 0. The lowest BCUT2D eigenvalue weighted by Crippen LogP contribution is -2.64. The van der Waals surface area contributed by atoms with E-state index >= 15 is 0 Å². The van der Waals surface area contributed by atoms with Crippen molar-refractivity contribution in [2.75, 3.05) is 18.4 Å². The average Bonchev–Trinajstić information content (AvgIpc) is 2.29. The topological polar surface area (TPSA) is 35.6 Å². The highest BCUT2D eigenvalue weighted by atomic mass is 16.2. The van der Waals surface area contributed by atoms with E-state index in [0.717, 1.165) is 18.8 Å². The van der Waals surface area contributed by atoms with E-state index in [1.165, 1.54) is 11.1 Å². The van der Waals surface area contributed by atoms with Crippen LogP contribution in [-0.4, -0.2) is 47.0 Å². The SMILES string of the molecule is Cc1cc(C)cc(NC(=O)N2CC(N(C(C)C)C(C)C)C2)c1. The Morgan fingerprint density at radius 2 is 1.59 bits per heavy atom. The normalized spacial score (nSPS) is 15.6. The molecule has 0 unspecified atom stereocenters. The molecule has 1 aliphatic heterocycles. The van der Waals surface area contributed by atoms with Crippen molar-refractivity contribution in [1.29, 1.82) is 0 Å². The molecule has 0 aromatic heterocycles. The van der Waals surface area contributed by atoms with Gasteiger partial charge in [-0.1, -0.05) is 6.07 Å². The molecule has 1 fully saturated rings. The molecular weight excluding hydrogens is 274 g/mol. The number of urea groups is 1. The van der Waals surface area contributed by atoms with Crippen molar-refractivity contribution in [3.63, 3.8) is 0 Å². The number of nitrogens with one attached hydrogen (secondary N) is 1. The quantitative estimate of drug-likeness (QED) is 0.922. The summed E-state index contributed by atoms with van der Waals surface area (Å²) in [4.78, 5) is 16.7. The molecule has 0 aliphatic carbocycles. The minimum Gasteiger partial charge on any atom is -0.321 e. The molecule has 1 aliphatic rings. The number of amides is 2. The number of benzene rings is 1. The number of anilines is 1. The van der Waals surface area contributed by atoms with Crippen molar-refractivity contribution in [3.8, 4) is 0 Å². The Hall–Kier alpha value is -1.55. The second-order valence-corrected chi connectivity index (χ2v) is 7.00. The molecule has 0 spiro atoms. The van der Waals surface area contributed by atoms with E-state index < -0.39 is 0 Å². The number of likely N-dealkylation sites (tertiary alicyclic amines) is 1. The molecule has 2 rings (SSSR count). The highest BCUT2D eigenvalue weighted by Crippen LogP contribution is 2.22. The van der Waals surface area contributed by atoms with Crippen LogP contribution in [0.4, 0.5) is 10.5 Å². The van der Waals surface area contributed by atoms with Crippen LogP contribution in [0.3, 0.4) is 0 Å². The highest BCUT2D eigenvalue weighted by molar-refractivity contribution is 5.90. The number of hydrogen-bond acceptors (Lipinski definition) is 2. The van der Waals surface area contributed by atoms with E-state index in [-0.39, 0.29) is 6.03 Å². The van der Waals surface area contributed by atoms with Gasteiger partial charge in [-0.3, -0.25) is 4.90 Å². The molecule has 4 nitrogen and oxygen atoms in total. The monoisotopic (exact) mass is 303 g/mol. The zero-order valence-corrected chi connectivity index (χ0v) is 14.7. The zero-order chi connectivity index (χ0) is 16.4. The van der Waals surface area contributed by atoms with E-state index in [1.807, 2.05) is 30.9 Å². The Kier molecular flexibility index (Phi) is 5.12. The first kappa shape index (κ1) is 16.8. The number of carbonyl (C=O) groups is 1. The molecular formula is C18H29N3O. The zero-order valence-electron chi connectivity index (χ0n) is 14.7. The smallest absolute Gasteiger partial charge is 0.321 e. The Morgan fingerprint density at radius 1 is 1.09 bits per heavy atom. The van der Waals surface area contributed by atoms with E-state index in [4.69, 9.17) is 0 Å². The lowest BCUT2D eigenvalue weighted by atomic mass is 10.0. The van der Waals surface area contributed by atoms with E-state index in [9.17, 15) is 4.79 Å². The van der Waals surface area contributed by atoms with Gasteiger partial charge in [-0.25, -0.2) is 4.79 Å². The van der Waals surface area contributed by atoms with Crippen molar-refractivity contribution in [2.24, 2.45) is 0 Å².